The van der Waals surface area contributed by atoms with Crippen LogP contribution >= 0.6 is 0 Å². The van der Waals surface area contributed by atoms with E-state index in [1.165, 1.54) is 23.9 Å². The summed E-state index contributed by atoms with van der Waals surface area (Å²) in [6, 6.07) is 2.31. The molecule has 1 amide bonds. The van der Waals surface area contributed by atoms with Crippen molar-refractivity contribution < 1.29 is 19.1 Å². The summed E-state index contributed by atoms with van der Waals surface area (Å²) in [4.78, 5) is 36.5. The predicted molar refractivity (Wildman–Crippen MR) is 91.1 cm³/mol. The van der Waals surface area contributed by atoms with Gasteiger partial charge in [-0.1, -0.05) is 13.8 Å². The van der Waals surface area contributed by atoms with Crippen LogP contribution in [-0.4, -0.2) is 29.3 Å². The smallest absolute Gasteiger partial charge is 0.412 e. The highest BCUT2D eigenvalue weighted by Crippen LogP contribution is 2.18. The number of nitrogens with one attached hydrogen (secondary N) is 1. The van der Waals surface area contributed by atoms with Gasteiger partial charge in [-0.2, -0.15) is 0 Å². The van der Waals surface area contributed by atoms with Gasteiger partial charge in [0.2, 0.25) is 0 Å². The summed E-state index contributed by atoms with van der Waals surface area (Å²) in [5, 5.41) is 2.43. The molecule has 0 spiro atoms. The van der Waals surface area contributed by atoms with Gasteiger partial charge in [0.05, 0.1) is 7.11 Å². The Balaban J connectivity index is 3.12. The molecule has 1 atom stereocenters. The van der Waals surface area contributed by atoms with Crippen molar-refractivity contribution in [2.45, 2.75) is 52.7 Å². The lowest BCUT2D eigenvalue weighted by atomic mass is 10.0. The molecule has 1 heterocycles. The van der Waals surface area contributed by atoms with Crippen LogP contribution in [0.15, 0.2) is 23.1 Å². The molecule has 0 saturated carbocycles. The molecule has 0 saturated heterocycles. The van der Waals surface area contributed by atoms with Crippen LogP contribution in [0.5, 0.6) is 0 Å². The van der Waals surface area contributed by atoms with E-state index >= 15 is 0 Å². The van der Waals surface area contributed by atoms with Gasteiger partial charge in [-0.15, -0.1) is 0 Å². The molecule has 0 aliphatic heterocycles. The minimum Gasteiger partial charge on any atom is -0.467 e. The number of methoxy groups -OCH3 is 1. The Morgan fingerprint density at radius 3 is 2.42 bits per heavy atom. The zero-order valence-corrected chi connectivity index (χ0v) is 15.1. The molecule has 7 nitrogen and oxygen atoms in total. The molecule has 0 aliphatic carbocycles. The van der Waals surface area contributed by atoms with Crippen molar-refractivity contribution >= 4 is 17.7 Å². The standard InChI is InChI=1S/C17H26N2O5/c1-11(2)10-13(15(21)23-6)19-9-7-8-12(14(19)20)18-16(22)24-17(3,4)5/h7-9,11,13H,10H2,1-6H3,(H,18,22)/t13-/m0/s1. The molecule has 0 fully saturated rings. The molecule has 0 aliphatic rings. The Bertz CT molecular complexity index is 643. The Morgan fingerprint density at radius 1 is 1.29 bits per heavy atom. The van der Waals surface area contributed by atoms with Crippen molar-refractivity contribution in [3.8, 4) is 0 Å². The second kappa shape index (κ2) is 7.99. The summed E-state index contributed by atoms with van der Waals surface area (Å²) >= 11 is 0. The number of rotatable bonds is 5. The molecule has 0 bridgehead atoms. The summed E-state index contributed by atoms with van der Waals surface area (Å²) in [5.41, 5.74) is -1.12. The highest BCUT2D eigenvalue weighted by Gasteiger charge is 2.25. The van der Waals surface area contributed by atoms with E-state index in [-0.39, 0.29) is 11.6 Å². The SMILES string of the molecule is COC(=O)[C@H](CC(C)C)n1cccc(NC(=O)OC(C)(C)C)c1=O. The van der Waals surface area contributed by atoms with E-state index in [0.29, 0.717) is 6.42 Å². The van der Waals surface area contributed by atoms with Gasteiger partial charge in [-0.05, 0) is 45.2 Å². The average molecular weight is 338 g/mol. The van der Waals surface area contributed by atoms with E-state index in [0.717, 1.165) is 0 Å². The Morgan fingerprint density at radius 2 is 1.92 bits per heavy atom. The Labute approximate surface area is 142 Å². The van der Waals surface area contributed by atoms with Crippen molar-refractivity contribution in [1.82, 2.24) is 4.57 Å². The third-order valence-electron chi connectivity index (χ3n) is 3.11. The van der Waals surface area contributed by atoms with Gasteiger partial charge in [0.1, 0.15) is 17.3 Å². The summed E-state index contributed by atoms with van der Waals surface area (Å²) in [5.74, 6) is -0.316. The van der Waals surface area contributed by atoms with Crippen molar-refractivity contribution in [2.75, 3.05) is 12.4 Å². The van der Waals surface area contributed by atoms with Gasteiger partial charge in [0.25, 0.3) is 5.56 Å². The monoisotopic (exact) mass is 338 g/mol. The number of anilines is 1. The maximum atomic E-state index is 12.6. The number of carbonyl (C=O) groups is 2. The van der Waals surface area contributed by atoms with Gasteiger partial charge in [0, 0.05) is 6.20 Å². The van der Waals surface area contributed by atoms with Crippen LogP contribution in [0.4, 0.5) is 10.5 Å². The van der Waals surface area contributed by atoms with Crippen LogP contribution in [0.2, 0.25) is 0 Å². The maximum absolute atomic E-state index is 12.6. The zero-order valence-electron chi connectivity index (χ0n) is 15.1. The molecule has 1 N–H and O–H groups in total. The first kappa shape index (κ1) is 19.7. The second-order valence-corrected chi connectivity index (χ2v) is 6.93. The van der Waals surface area contributed by atoms with Crippen molar-refractivity contribution in [3.05, 3.63) is 28.7 Å². The fourth-order valence-corrected chi connectivity index (χ4v) is 2.17. The number of nitrogens with zero attached hydrogens (tertiary/aromatic N) is 1. The quantitative estimate of drug-likeness (QED) is 0.834. The van der Waals surface area contributed by atoms with Crippen LogP contribution in [0, 0.1) is 5.92 Å². The van der Waals surface area contributed by atoms with E-state index in [2.05, 4.69) is 5.32 Å². The highest BCUT2D eigenvalue weighted by molar-refractivity contribution is 5.84. The molecule has 134 valence electrons. The number of ether oxygens (including phenoxy) is 2. The fraction of sp³-hybridized carbons (Fsp3) is 0.588. The topological polar surface area (TPSA) is 86.6 Å². The molecule has 24 heavy (non-hydrogen) atoms. The average Bonchev–Trinajstić information content (AvgIpc) is 2.44. The lowest BCUT2D eigenvalue weighted by Crippen LogP contribution is -2.34. The normalized spacial score (nSPS) is 12.6. The van der Waals surface area contributed by atoms with Gasteiger partial charge in [-0.25, -0.2) is 9.59 Å². The number of hydrogen-bond acceptors (Lipinski definition) is 5. The number of carbonyl (C=O) groups excluding carboxylic acids is 2. The van der Waals surface area contributed by atoms with E-state index in [1.807, 2.05) is 13.8 Å². The first-order chi connectivity index (χ1) is 11.0. The summed E-state index contributed by atoms with van der Waals surface area (Å²) in [6.07, 6.45) is 1.23. The van der Waals surface area contributed by atoms with E-state index in [4.69, 9.17) is 9.47 Å². The minimum absolute atomic E-state index is 0.0457. The molecule has 1 rings (SSSR count). The third kappa shape index (κ3) is 5.72. The molecular formula is C17H26N2O5. The van der Waals surface area contributed by atoms with Crippen molar-refractivity contribution in [1.29, 1.82) is 0 Å². The van der Waals surface area contributed by atoms with Gasteiger partial charge >= 0.3 is 12.1 Å². The fourth-order valence-electron chi connectivity index (χ4n) is 2.17. The lowest BCUT2D eigenvalue weighted by molar-refractivity contribution is -0.145. The summed E-state index contributed by atoms with van der Waals surface area (Å²) in [7, 11) is 1.28. The van der Waals surface area contributed by atoms with Crippen LogP contribution < -0.4 is 10.9 Å². The molecular weight excluding hydrogens is 312 g/mol. The predicted octanol–water partition coefficient (Wildman–Crippen LogP) is 2.96. The number of amides is 1. The molecule has 0 aromatic carbocycles. The van der Waals surface area contributed by atoms with E-state index in [9.17, 15) is 14.4 Å². The largest absolute Gasteiger partial charge is 0.467 e. The Hall–Kier alpha value is -2.31. The summed E-state index contributed by atoms with van der Waals surface area (Å²) < 4.78 is 11.2. The number of aromatic nitrogens is 1. The van der Waals surface area contributed by atoms with E-state index < -0.39 is 29.3 Å². The Kier molecular flexibility index (Phi) is 6.57. The van der Waals surface area contributed by atoms with Crippen LogP contribution in [0.25, 0.3) is 0 Å². The third-order valence-corrected chi connectivity index (χ3v) is 3.11. The number of esters is 1. The molecule has 1 aromatic rings. The maximum Gasteiger partial charge on any atom is 0.412 e. The van der Waals surface area contributed by atoms with Crippen LogP contribution in [-0.2, 0) is 14.3 Å². The minimum atomic E-state index is -0.747. The zero-order chi connectivity index (χ0) is 18.5. The van der Waals surface area contributed by atoms with Gasteiger partial charge in [-0.3, -0.25) is 14.7 Å². The molecule has 0 radical (unpaired) electrons. The molecule has 7 heteroatoms. The van der Waals surface area contributed by atoms with E-state index in [1.54, 1.807) is 26.8 Å². The van der Waals surface area contributed by atoms with Gasteiger partial charge in [0.15, 0.2) is 0 Å². The second-order valence-electron chi connectivity index (χ2n) is 6.93. The molecule has 0 unspecified atom stereocenters. The first-order valence-electron chi connectivity index (χ1n) is 7.84. The van der Waals surface area contributed by atoms with Crippen LogP contribution in [0.3, 0.4) is 0 Å². The number of pyridine rings is 1. The highest BCUT2D eigenvalue weighted by atomic mass is 16.6. The first-order valence-corrected chi connectivity index (χ1v) is 7.84. The van der Waals surface area contributed by atoms with Gasteiger partial charge < -0.3 is 9.47 Å². The molecule has 1 aromatic heterocycles. The van der Waals surface area contributed by atoms with Crippen molar-refractivity contribution in [3.63, 3.8) is 0 Å². The summed E-state index contributed by atoms with van der Waals surface area (Å²) in [6.45, 7) is 9.08. The number of hydrogen-bond donors (Lipinski definition) is 1. The van der Waals surface area contributed by atoms with Crippen LogP contribution in [0.1, 0.15) is 47.1 Å². The van der Waals surface area contributed by atoms with Crippen molar-refractivity contribution in [2.24, 2.45) is 5.92 Å². The lowest BCUT2D eigenvalue weighted by Gasteiger charge is -2.21.